The number of carbonyl (C=O) groups is 1. The average Bonchev–Trinajstić information content (AvgIpc) is 2.37. The molecule has 0 aromatic heterocycles. The second-order valence-electron chi connectivity index (χ2n) is 4.47. The van der Waals surface area contributed by atoms with Crippen molar-refractivity contribution in [2.75, 3.05) is 0 Å². The summed E-state index contributed by atoms with van der Waals surface area (Å²) in [4.78, 5) is 10.8. The summed E-state index contributed by atoms with van der Waals surface area (Å²) in [6.45, 7) is 4.52. The predicted octanol–water partition coefficient (Wildman–Crippen LogP) is 3.69. The number of aldehydes is 1. The molecule has 2 heteroatoms. The minimum Gasteiger partial charge on any atom is -0.489 e. The molecule has 0 aliphatic heterocycles. The van der Waals surface area contributed by atoms with Crippen molar-refractivity contribution in [3.8, 4) is 5.75 Å². The van der Waals surface area contributed by atoms with Gasteiger partial charge in [0.25, 0.3) is 0 Å². The lowest BCUT2D eigenvalue weighted by atomic mass is 10.1. The van der Waals surface area contributed by atoms with Crippen molar-refractivity contribution in [2.45, 2.75) is 20.5 Å². The van der Waals surface area contributed by atoms with Crippen LogP contribution in [0.4, 0.5) is 0 Å². The summed E-state index contributed by atoms with van der Waals surface area (Å²) in [6.07, 6.45) is 0.839. The van der Waals surface area contributed by atoms with E-state index in [0.29, 0.717) is 12.2 Å². The molecule has 0 amide bonds. The number of rotatable bonds is 4. The van der Waals surface area contributed by atoms with Gasteiger partial charge in [0.1, 0.15) is 18.6 Å². The molecule has 0 saturated heterocycles. The Kier molecular flexibility index (Phi) is 3.78. The standard InChI is InChI=1S/C16H16O2/c1-12-3-5-14(6-4-12)11-18-16-8-13(2)7-15(9-16)10-17/h3-10H,11H2,1-2H3. The molecule has 92 valence electrons. The van der Waals surface area contributed by atoms with Gasteiger partial charge in [0.15, 0.2) is 0 Å². The number of aryl methyl sites for hydroxylation is 2. The molecule has 2 aromatic rings. The number of benzene rings is 2. The fraction of sp³-hybridized carbons (Fsp3) is 0.188. The molecular weight excluding hydrogens is 224 g/mol. The molecule has 0 heterocycles. The molecule has 0 unspecified atom stereocenters. The van der Waals surface area contributed by atoms with E-state index in [-0.39, 0.29) is 0 Å². The summed E-state index contributed by atoms with van der Waals surface area (Å²) in [5, 5.41) is 0. The first-order chi connectivity index (χ1) is 8.67. The Balaban J connectivity index is 2.08. The number of hydrogen-bond donors (Lipinski definition) is 0. The highest BCUT2D eigenvalue weighted by atomic mass is 16.5. The van der Waals surface area contributed by atoms with Crippen LogP contribution in [-0.4, -0.2) is 6.29 Å². The Morgan fingerprint density at radius 3 is 2.39 bits per heavy atom. The largest absolute Gasteiger partial charge is 0.489 e. The summed E-state index contributed by atoms with van der Waals surface area (Å²) in [5.74, 6) is 0.734. The number of carbonyl (C=O) groups excluding carboxylic acids is 1. The van der Waals surface area contributed by atoms with Crippen LogP contribution in [0.2, 0.25) is 0 Å². The summed E-state index contributed by atoms with van der Waals surface area (Å²) in [6, 6.07) is 13.7. The number of ether oxygens (including phenoxy) is 1. The molecule has 0 aliphatic rings. The van der Waals surface area contributed by atoms with E-state index in [9.17, 15) is 4.79 Å². The van der Waals surface area contributed by atoms with E-state index < -0.39 is 0 Å². The first kappa shape index (κ1) is 12.4. The molecule has 0 bridgehead atoms. The van der Waals surface area contributed by atoms with Gasteiger partial charge in [0.2, 0.25) is 0 Å². The van der Waals surface area contributed by atoms with Crippen molar-refractivity contribution in [1.82, 2.24) is 0 Å². The molecule has 2 nitrogen and oxygen atoms in total. The molecule has 0 N–H and O–H groups in total. The highest BCUT2D eigenvalue weighted by Crippen LogP contribution is 2.17. The van der Waals surface area contributed by atoms with Gasteiger partial charge in [-0.25, -0.2) is 0 Å². The molecule has 0 radical (unpaired) electrons. The predicted molar refractivity (Wildman–Crippen MR) is 72.1 cm³/mol. The van der Waals surface area contributed by atoms with E-state index in [0.717, 1.165) is 23.2 Å². The third kappa shape index (κ3) is 3.20. The van der Waals surface area contributed by atoms with Crippen LogP contribution in [0.3, 0.4) is 0 Å². The lowest BCUT2D eigenvalue weighted by molar-refractivity contribution is 0.112. The first-order valence-corrected chi connectivity index (χ1v) is 5.92. The highest BCUT2D eigenvalue weighted by Gasteiger charge is 2.00. The van der Waals surface area contributed by atoms with Gasteiger partial charge in [-0.3, -0.25) is 4.79 Å². The van der Waals surface area contributed by atoms with Crippen LogP contribution < -0.4 is 4.74 Å². The van der Waals surface area contributed by atoms with Gasteiger partial charge < -0.3 is 4.74 Å². The van der Waals surface area contributed by atoms with Gasteiger partial charge in [-0.05, 0) is 43.2 Å². The summed E-state index contributed by atoms with van der Waals surface area (Å²) in [5.41, 5.74) is 4.03. The smallest absolute Gasteiger partial charge is 0.150 e. The maximum Gasteiger partial charge on any atom is 0.150 e. The van der Waals surface area contributed by atoms with Crippen LogP contribution in [0, 0.1) is 13.8 Å². The van der Waals surface area contributed by atoms with Crippen molar-refractivity contribution in [3.63, 3.8) is 0 Å². The molecule has 0 fully saturated rings. The fourth-order valence-corrected chi connectivity index (χ4v) is 1.78. The van der Waals surface area contributed by atoms with Crippen molar-refractivity contribution in [1.29, 1.82) is 0 Å². The van der Waals surface area contributed by atoms with Crippen LogP contribution >= 0.6 is 0 Å². The van der Waals surface area contributed by atoms with Gasteiger partial charge >= 0.3 is 0 Å². The summed E-state index contributed by atoms with van der Waals surface area (Å²) in [7, 11) is 0. The second kappa shape index (κ2) is 5.50. The van der Waals surface area contributed by atoms with E-state index in [1.807, 2.05) is 31.2 Å². The lowest BCUT2D eigenvalue weighted by Crippen LogP contribution is -1.96. The first-order valence-electron chi connectivity index (χ1n) is 5.92. The van der Waals surface area contributed by atoms with Crippen LogP contribution in [0.1, 0.15) is 27.0 Å². The van der Waals surface area contributed by atoms with Crippen LogP contribution in [0.15, 0.2) is 42.5 Å². The zero-order valence-electron chi connectivity index (χ0n) is 10.6. The van der Waals surface area contributed by atoms with Crippen LogP contribution in [0.25, 0.3) is 0 Å². The highest BCUT2D eigenvalue weighted by molar-refractivity contribution is 5.76. The van der Waals surface area contributed by atoms with Gasteiger partial charge in [0.05, 0.1) is 0 Å². The van der Waals surface area contributed by atoms with E-state index >= 15 is 0 Å². The van der Waals surface area contributed by atoms with E-state index in [1.165, 1.54) is 5.56 Å². The van der Waals surface area contributed by atoms with Gasteiger partial charge in [-0.2, -0.15) is 0 Å². The maximum atomic E-state index is 10.8. The monoisotopic (exact) mass is 240 g/mol. The third-order valence-electron chi connectivity index (χ3n) is 2.74. The van der Waals surface area contributed by atoms with Gasteiger partial charge in [0, 0.05) is 5.56 Å². The Labute approximate surface area is 107 Å². The van der Waals surface area contributed by atoms with Crippen molar-refractivity contribution >= 4 is 6.29 Å². The summed E-state index contributed by atoms with van der Waals surface area (Å²) < 4.78 is 5.70. The molecule has 0 saturated carbocycles. The molecule has 0 aliphatic carbocycles. The topological polar surface area (TPSA) is 26.3 Å². The van der Waals surface area contributed by atoms with Crippen molar-refractivity contribution in [2.24, 2.45) is 0 Å². The molecular formula is C16H16O2. The van der Waals surface area contributed by atoms with Crippen molar-refractivity contribution < 1.29 is 9.53 Å². The molecule has 2 aromatic carbocycles. The fourth-order valence-electron chi connectivity index (χ4n) is 1.78. The van der Waals surface area contributed by atoms with Crippen LogP contribution in [0.5, 0.6) is 5.75 Å². The quantitative estimate of drug-likeness (QED) is 0.762. The number of hydrogen-bond acceptors (Lipinski definition) is 2. The maximum absolute atomic E-state index is 10.8. The zero-order valence-corrected chi connectivity index (χ0v) is 10.6. The second-order valence-corrected chi connectivity index (χ2v) is 4.47. The Bertz CT molecular complexity index is 542. The average molecular weight is 240 g/mol. The van der Waals surface area contributed by atoms with E-state index in [2.05, 4.69) is 19.1 Å². The molecule has 18 heavy (non-hydrogen) atoms. The normalized spacial score (nSPS) is 10.1. The summed E-state index contributed by atoms with van der Waals surface area (Å²) >= 11 is 0. The Morgan fingerprint density at radius 2 is 1.72 bits per heavy atom. The molecule has 2 rings (SSSR count). The SMILES string of the molecule is Cc1ccc(COc2cc(C)cc(C=O)c2)cc1. The molecule has 0 atom stereocenters. The minimum absolute atomic E-state index is 0.516. The molecule has 0 spiro atoms. The Morgan fingerprint density at radius 1 is 1.00 bits per heavy atom. The van der Waals surface area contributed by atoms with Gasteiger partial charge in [-0.1, -0.05) is 29.8 Å². The van der Waals surface area contributed by atoms with Gasteiger partial charge in [-0.15, -0.1) is 0 Å². The zero-order chi connectivity index (χ0) is 13.0. The minimum atomic E-state index is 0.516. The Hall–Kier alpha value is -2.09. The van der Waals surface area contributed by atoms with E-state index in [4.69, 9.17) is 4.74 Å². The van der Waals surface area contributed by atoms with Crippen molar-refractivity contribution in [3.05, 3.63) is 64.7 Å². The lowest BCUT2D eigenvalue weighted by Gasteiger charge is -2.08. The van der Waals surface area contributed by atoms with Crippen LogP contribution in [-0.2, 0) is 6.61 Å². The third-order valence-corrected chi connectivity index (χ3v) is 2.74. The van der Waals surface area contributed by atoms with E-state index in [1.54, 1.807) is 6.07 Å².